The van der Waals surface area contributed by atoms with Crippen molar-refractivity contribution in [1.29, 1.82) is 0 Å². The van der Waals surface area contributed by atoms with Crippen LogP contribution < -0.4 is 0 Å². The highest BCUT2D eigenvalue weighted by Crippen LogP contribution is 2.25. The summed E-state index contributed by atoms with van der Waals surface area (Å²) in [6.45, 7) is 10.1. The Kier molecular flexibility index (Phi) is 3.58. The third-order valence-corrected chi connectivity index (χ3v) is 2.92. The number of thiophene rings is 1. The van der Waals surface area contributed by atoms with Gasteiger partial charge < -0.3 is 0 Å². The van der Waals surface area contributed by atoms with Gasteiger partial charge in [-0.2, -0.15) is 0 Å². The molecule has 0 spiro atoms. The van der Waals surface area contributed by atoms with E-state index in [0.29, 0.717) is 0 Å². The van der Waals surface area contributed by atoms with E-state index in [0.717, 1.165) is 17.0 Å². The van der Waals surface area contributed by atoms with Crippen LogP contribution in [0.3, 0.4) is 0 Å². The van der Waals surface area contributed by atoms with Gasteiger partial charge in [-0.1, -0.05) is 13.8 Å². The van der Waals surface area contributed by atoms with Gasteiger partial charge in [0.1, 0.15) is 5.82 Å². The number of rotatable bonds is 0. The van der Waals surface area contributed by atoms with Gasteiger partial charge in [0, 0.05) is 4.88 Å². The highest BCUT2D eigenvalue weighted by atomic mass is 32.1. The molecule has 3 heteroatoms. The van der Waals surface area contributed by atoms with Crippen molar-refractivity contribution in [2.24, 2.45) is 0 Å². The Morgan fingerprint density at radius 3 is 2.36 bits per heavy atom. The molecule has 0 saturated carbocycles. The zero-order valence-electron chi connectivity index (χ0n) is 9.38. The van der Waals surface area contributed by atoms with E-state index in [1.807, 2.05) is 27.7 Å². The predicted molar refractivity (Wildman–Crippen MR) is 63.0 cm³/mol. The molecule has 0 aliphatic heterocycles. The SMILES string of the molecule is CC.Cc1nc(C)c2sc(C)cc2n1. The van der Waals surface area contributed by atoms with E-state index in [2.05, 4.69) is 23.0 Å². The van der Waals surface area contributed by atoms with Crippen molar-refractivity contribution in [3.63, 3.8) is 0 Å². The molecule has 0 aliphatic carbocycles. The molecule has 0 aromatic carbocycles. The maximum atomic E-state index is 4.36. The van der Waals surface area contributed by atoms with Crippen molar-refractivity contribution in [3.05, 3.63) is 22.5 Å². The van der Waals surface area contributed by atoms with E-state index >= 15 is 0 Å². The molecule has 0 aliphatic rings. The number of aromatic nitrogens is 2. The van der Waals surface area contributed by atoms with Crippen molar-refractivity contribution in [3.8, 4) is 0 Å². The third kappa shape index (κ3) is 2.10. The molecule has 2 nitrogen and oxygen atoms in total. The first-order valence-electron chi connectivity index (χ1n) is 4.88. The van der Waals surface area contributed by atoms with Crippen LogP contribution in [0.2, 0.25) is 0 Å². The van der Waals surface area contributed by atoms with E-state index in [9.17, 15) is 0 Å². The number of hydrogen-bond acceptors (Lipinski definition) is 3. The summed E-state index contributed by atoms with van der Waals surface area (Å²) in [7, 11) is 0. The van der Waals surface area contributed by atoms with Crippen LogP contribution in [-0.4, -0.2) is 9.97 Å². The minimum absolute atomic E-state index is 0.859. The van der Waals surface area contributed by atoms with Crippen LogP contribution in [0.25, 0.3) is 10.2 Å². The fraction of sp³-hybridized carbons (Fsp3) is 0.455. The number of hydrogen-bond donors (Lipinski definition) is 0. The lowest BCUT2D eigenvalue weighted by Gasteiger charge is -1.95. The van der Waals surface area contributed by atoms with Crippen molar-refractivity contribution >= 4 is 21.6 Å². The Morgan fingerprint density at radius 1 is 1.07 bits per heavy atom. The zero-order chi connectivity index (χ0) is 10.7. The lowest BCUT2D eigenvalue weighted by molar-refractivity contribution is 1.05. The molecule has 76 valence electrons. The normalized spacial score (nSPS) is 9.79. The van der Waals surface area contributed by atoms with Gasteiger partial charge in [0.15, 0.2) is 0 Å². The van der Waals surface area contributed by atoms with Gasteiger partial charge in [0.2, 0.25) is 0 Å². The van der Waals surface area contributed by atoms with Gasteiger partial charge >= 0.3 is 0 Å². The second-order valence-corrected chi connectivity index (χ2v) is 4.18. The Labute approximate surface area is 89.0 Å². The van der Waals surface area contributed by atoms with E-state index in [1.54, 1.807) is 11.3 Å². The van der Waals surface area contributed by atoms with Crippen molar-refractivity contribution in [2.45, 2.75) is 34.6 Å². The average Bonchev–Trinajstić information content (AvgIpc) is 2.49. The molecule has 2 rings (SSSR count). The quantitative estimate of drug-likeness (QED) is 0.660. The van der Waals surface area contributed by atoms with Gasteiger partial charge in [0.05, 0.1) is 15.9 Å². The summed E-state index contributed by atoms with van der Waals surface area (Å²) in [5, 5.41) is 0. The average molecular weight is 208 g/mol. The number of nitrogens with zero attached hydrogens (tertiary/aromatic N) is 2. The molecule has 0 unspecified atom stereocenters. The molecule has 0 saturated heterocycles. The van der Waals surface area contributed by atoms with Gasteiger partial charge in [-0.15, -0.1) is 11.3 Å². The second-order valence-electron chi connectivity index (χ2n) is 2.93. The van der Waals surface area contributed by atoms with Crippen LogP contribution in [0.4, 0.5) is 0 Å². The summed E-state index contributed by atoms with van der Waals surface area (Å²) >= 11 is 1.76. The second kappa shape index (κ2) is 4.51. The standard InChI is InChI=1S/C9H10N2S.C2H6/c1-5-4-8-9(12-5)6(2)10-7(3)11-8;1-2/h4H,1-3H3;1-2H3. The van der Waals surface area contributed by atoms with Gasteiger partial charge in [-0.25, -0.2) is 9.97 Å². The largest absolute Gasteiger partial charge is 0.237 e. The number of aryl methyl sites for hydroxylation is 3. The number of fused-ring (bicyclic) bond motifs is 1. The van der Waals surface area contributed by atoms with Crippen LogP contribution in [0.15, 0.2) is 6.07 Å². The molecule has 0 amide bonds. The fourth-order valence-corrected chi connectivity index (χ4v) is 2.23. The maximum absolute atomic E-state index is 4.36. The molecule has 14 heavy (non-hydrogen) atoms. The zero-order valence-corrected chi connectivity index (χ0v) is 10.2. The first-order valence-corrected chi connectivity index (χ1v) is 5.70. The van der Waals surface area contributed by atoms with Crippen LogP contribution >= 0.6 is 11.3 Å². The van der Waals surface area contributed by atoms with E-state index in [4.69, 9.17) is 0 Å². The van der Waals surface area contributed by atoms with Crippen LogP contribution in [0.5, 0.6) is 0 Å². The van der Waals surface area contributed by atoms with E-state index in [-0.39, 0.29) is 0 Å². The minimum atomic E-state index is 0.859. The van der Waals surface area contributed by atoms with Gasteiger partial charge in [-0.3, -0.25) is 0 Å². The van der Waals surface area contributed by atoms with Crippen molar-refractivity contribution in [1.82, 2.24) is 9.97 Å². The molecule has 2 heterocycles. The summed E-state index contributed by atoms with van der Waals surface area (Å²) in [5.41, 5.74) is 2.18. The van der Waals surface area contributed by atoms with Crippen molar-refractivity contribution < 1.29 is 0 Å². The molecular formula is C11H16N2S. The molecule has 0 radical (unpaired) electrons. The minimum Gasteiger partial charge on any atom is -0.237 e. The summed E-state index contributed by atoms with van der Waals surface area (Å²) < 4.78 is 1.22. The maximum Gasteiger partial charge on any atom is 0.126 e. The predicted octanol–water partition coefficient (Wildman–Crippen LogP) is 3.64. The molecule has 2 aromatic rings. The lowest BCUT2D eigenvalue weighted by atomic mass is 10.3. The topological polar surface area (TPSA) is 25.8 Å². The molecule has 2 aromatic heterocycles. The molecule has 0 bridgehead atoms. The molecular weight excluding hydrogens is 192 g/mol. The third-order valence-electron chi connectivity index (χ3n) is 1.78. The first-order chi connectivity index (χ1) is 6.66. The lowest BCUT2D eigenvalue weighted by Crippen LogP contribution is -1.89. The van der Waals surface area contributed by atoms with Crippen molar-refractivity contribution in [2.75, 3.05) is 0 Å². The van der Waals surface area contributed by atoms with Crippen LogP contribution in [0.1, 0.15) is 30.2 Å². The first kappa shape index (κ1) is 11.1. The summed E-state index contributed by atoms with van der Waals surface area (Å²) in [5.74, 6) is 0.859. The fourth-order valence-electron chi connectivity index (χ4n) is 1.34. The summed E-state index contributed by atoms with van der Waals surface area (Å²) in [6, 6.07) is 2.11. The van der Waals surface area contributed by atoms with E-state index < -0.39 is 0 Å². The molecule has 0 N–H and O–H groups in total. The summed E-state index contributed by atoms with van der Waals surface area (Å²) in [4.78, 5) is 9.97. The smallest absolute Gasteiger partial charge is 0.126 e. The monoisotopic (exact) mass is 208 g/mol. The Bertz CT molecular complexity index is 432. The molecule has 0 atom stereocenters. The van der Waals surface area contributed by atoms with Gasteiger partial charge in [-0.05, 0) is 26.8 Å². The van der Waals surface area contributed by atoms with Crippen LogP contribution in [-0.2, 0) is 0 Å². The highest BCUT2D eigenvalue weighted by molar-refractivity contribution is 7.19. The van der Waals surface area contributed by atoms with Crippen LogP contribution in [0, 0.1) is 20.8 Å². The Morgan fingerprint density at radius 2 is 1.71 bits per heavy atom. The molecule has 0 fully saturated rings. The van der Waals surface area contributed by atoms with E-state index in [1.165, 1.54) is 9.58 Å². The van der Waals surface area contributed by atoms with Gasteiger partial charge in [0.25, 0.3) is 0 Å². The Balaban J connectivity index is 0.000000461. The summed E-state index contributed by atoms with van der Waals surface area (Å²) in [6.07, 6.45) is 0. The highest BCUT2D eigenvalue weighted by Gasteiger charge is 2.04. The Hall–Kier alpha value is -0.960.